The van der Waals surface area contributed by atoms with Crippen LogP contribution in [0.4, 0.5) is 4.39 Å². The third-order valence-corrected chi connectivity index (χ3v) is 4.92. The molecule has 0 bridgehead atoms. The zero-order chi connectivity index (χ0) is 17.6. The first kappa shape index (κ1) is 17.9. The minimum atomic E-state index is -0.299. The second-order valence-corrected chi connectivity index (χ2v) is 7.03. The Hall–Kier alpha value is -1.95. The van der Waals surface area contributed by atoms with Gasteiger partial charge in [-0.1, -0.05) is 12.1 Å². The first-order valence-electron chi connectivity index (χ1n) is 9.14. The molecular weight excluding hydrogens is 321 g/mol. The van der Waals surface area contributed by atoms with E-state index in [0.717, 1.165) is 31.6 Å². The minimum absolute atomic E-state index is 0.00614. The number of carbonyl (C=O) groups excluding carboxylic acids is 2. The maximum atomic E-state index is 13.3. The van der Waals surface area contributed by atoms with Gasteiger partial charge in [0.2, 0.25) is 11.8 Å². The number of carbonyl (C=O) groups is 2. The molecule has 1 atom stereocenters. The van der Waals surface area contributed by atoms with Crippen LogP contribution in [-0.2, 0) is 16.1 Å². The molecule has 0 unspecified atom stereocenters. The topological polar surface area (TPSA) is 52.7 Å². The van der Waals surface area contributed by atoms with Crippen molar-refractivity contribution in [2.24, 2.45) is 0 Å². The third-order valence-electron chi connectivity index (χ3n) is 4.92. The van der Waals surface area contributed by atoms with Crippen LogP contribution in [0.25, 0.3) is 0 Å². The number of halogens is 1. The zero-order valence-corrected chi connectivity index (χ0v) is 14.5. The molecule has 1 aromatic rings. The molecule has 0 aliphatic carbocycles. The van der Waals surface area contributed by atoms with Crippen molar-refractivity contribution in [2.45, 2.75) is 44.7 Å². The number of hydrogen-bond donors (Lipinski definition) is 1. The molecule has 25 heavy (non-hydrogen) atoms. The van der Waals surface area contributed by atoms with E-state index in [2.05, 4.69) is 10.2 Å². The second-order valence-electron chi connectivity index (χ2n) is 7.03. The summed E-state index contributed by atoms with van der Waals surface area (Å²) in [6.07, 6.45) is 4.22. The molecule has 2 fully saturated rings. The summed E-state index contributed by atoms with van der Waals surface area (Å²) in [4.78, 5) is 28.3. The molecule has 2 saturated heterocycles. The number of likely N-dealkylation sites (tertiary alicyclic amines) is 2. The van der Waals surface area contributed by atoms with Crippen LogP contribution in [0.3, 0.4) is 0 Å². The van der Waals surface area contributed by atoms with Gasteiger partial charge in [0.05, 0.1) is 6.04 Å². The first-order chi connectivity index (χ1) is 12.1. The van der Waals surface area contributed by atoms with Crippen molar-refractivity contribution in [1.29, 1.82) is 0 Å². The second kappa shape index (κ2) is 8.43. The summed E-state index contributed by atoms with van der Waals surface area (Å²) < 4.78 is 13.3. The lowest BCUT2D eigenvalue weighted by Crippen LogP contribution is -2.37. The van der Waals surface area contributed by atoms with Crippen molar-refractivity contribution >= 4 is 11.8 Å². The van der Waals surface area contributed by atoms with Gasteiger partial charge < -0.3 is 15.1 Å². The highest BCUT2D eigenvalue weighted by Gasteiger charge is 2.30. The molecule has 2 heterocycles. The molecule has 0 saturated carbocycles. The Morgan fingerprint density at radius 2 is 2.08 bits per heavy atom. The van der Waals surface area contributed by atoms with Gasteiger partial charge in [0.15, 0.2) is 0 Å². The smallest absolute Gasteiger partial charge is 0.225 e. The van der Waals surface area contributed by atoms with Crippen molar-refractivity contribution in [2.75, 3.05) is 26.2 Å². The fourth-order valence-corrected chi connectivity index (χ4v) is 3.65. The summed E-state index contributed by atoms with van der Waals surface area (Å²) in [6.45, 7) is 4.15. The Labute approximate surface area is 148 Å². The van der Waals surface area contributed by atoms with Crippen LogP contribution in [0.2, 0.25) is 0 Å². The molecule has 1 aromatic carbocycles. The normalized spacial score (nSPS) is 21.1. The largest absolute Gasteiger partial charge is 0.351 e. The van der Waals surface area contributed by atoms with Gasteiger partial charge >= 0.3 is 0 Å². The molecule has 0 aromatic heterocycles. The average Bonchev–Trinajstić information content (AvgIpc) is 3.18. The number of rotatable bonds is 7. The van der Waals surface area contributed by atoms with Crippen molar-refractivity contribution in [3.8, 4) is 0 Å². The lowest BCUT2D eigenvalue weighted by molar-refractivity contribution is -0.128. The summed E-state index contributed by atoms with van der Waals surface area (Å²) >= 11 is 0. The highest BCUT2D eigenvalue weighted by Crippen LogP contribution is 2.16. The maximum Gasteiger partial charge on any atom is 0.225 e. The zero-order valence-electron chi connectivity index (χ0n) is 14.5. The fourth-order valence-electron chi connectivity index (χ4n) is 3.65. The first-order valence-corrected chi connectivity index (χ1v) is 9.14. The number of benzene rings is 1. The number of amides is 2. The van der Waals surface area contributed by atoms with Gasteiger partial charge in [-0.15, -0.1) is 0 Å². The van der Waals surface area contributed by atoms with Crippen LogP contribution in [0, 0.1) is 5.82 Å². The number of nitrogens with zero attached hydrogens (tertiary/aromatic N) is 2. The van der Waals surface area contributed by atoms with Crippen molar-refractivity contribution in [3.05, 3.63) is 35.6 Å². The Morgan fingerprint density at radius 1 is 1.28 bits per heavy atom. The van der Waals surface area contributed by atoms with Crippen molar-refractivity contribution < 1.29 is 14.0 Å². The van der Waals surface area contributed by atoms with Gasteiger partial charge in [0.25, 0.3) is 0 Å². The van der Waals surface area contributed by atoms with Gasteiger partial charge in [-0.2, -0.15) is 0 Å². The number of nitrogens with one attached hydrogen (secondary N) is 1. The van der Waals surface area contributed by atoms with Crippen LogP contribution >= 0.6 is 0 Å². The standard InChI is InChI=1S/C19H26FN3O2/c20-16-6-3-5-15(11-16)13-23-14-17(12-19(23)25)21-18(24)7-4-10-22-8-1-2-9-22/h3,5-6,11,17H,1-2,4,7-10,12-14H2,(H,21,24)/t17-/m1/s1. The van der Waals surface area contributed by atoms with E-state index in [1.807, 2.05) is 0 Å². The van der Waals surface area contributed by atoms with Crippen LogP contribution in [0.5, 0.6) is 0 Å². The van der Waals surface area contributed by atoms with Crippen LogP contribution in [0.15, 0.2) is 24.3 Å². The van der Waals surface area contributed by atoms with E-state index in [4.69, 9.17) is 0 Å². The van der Waals surface area contributed by atoms with E-state index in [1.165, 1.54) is 25.0 Å². The Kier molecular flexibility index (Phi) is 6.02. The summed E-state index contributed by atoms with van der Waals surface area (Å²) in [5.74, 6) is -0.275. The summed E-state index contributed by atoms with van der Waals surface area (Å²) in [7, 11) is 0. The minimum Gasteiger partial charge on any atom is -0.351 e. The lowest BCUT2D eigenvalue weighted by Gasteiger charge is -2.18. The SMILES string of the molecule is O=C(CCCN1CCCC1)N[C@@H]1CC(=O)N(Cc2cccc(F)c2)C1. The molecule has 2 aliphatic heterocycles. The molecule has 5 nitrogen and oxygen atoms in total. The van der Waals surface area contributed by atoms with Crippen molar-refractivity contribution in [3.63, 3.8) is 0 Å². The Balaban J connectivity index is 1.40. The summed E-state index contributed by atoms with van der Waals surface area (Å²) in [5, 5.41) is 2.97. The average molecular weight is 347 g/mol. The number of hydrogen-bond acceptors (Lipinski definition) is 3. The fraction of sp³-hybridized carbons (Fsp3) is 0.579. The molecule has 2 amide bonds. The van der Waals surface area contributed by atoms with Crippen LogP contribution in [0.1, 0.15) is 37.7 Å². The lowest BCUT2D eigenvalue weighted by atomic mass is 10.2. The van der Waals surface area contributed by atoms with Gasteiger partial charge in [0, 0.05) is 25.9 Å². The van der Waals surface area contributed by atoms with E-state index in [0.29, 0.717) is 25.9 Å². The molecule has 6 heteroatoms. The van der Waals surface area contributed by atoms with E-state index in [9.17, 15) is 14.0 Å². The maximum absolute atomic E-state index is 13.3. The predicted octanol–water partition coefficient (Wildman–Crippen LogP) is 1.92. The van der Waals surface area contributed by atoms with Gasteiger partial charge in [-0.3, -0.25) is 9.59 Å². The predicted molar refractivity (Wildman–Crippen MR) is 93.3 cm³/mol. The van der Waals surface area contributed by atoms with E-state index >= 15 is 0 Å². The molecule has 1 N–H and O–H groups in total. The Morgan fingerprint density at radius 3 is 2.84 bits per heavy atom. The van der Waals surface area contributed by atoms with Gasteiger partial charge in [-0.25, -0.2) is 4.39 Å². The summed E-state index contributed by atoms with van der Waals surface area (Å²) in [5.41, 5.74) is 0.769. The van der Waals surface area contributed by atoms with Crippen LogP contribution < -0.4 is 5.32 Å². The van der Waals surface area contributed by atoms with Gasteiger partial charge in [-0.05, 0) is 56.6 Å². The van der Waals surface area contributed by atoms with E-state index in [-0.39, 0.29) is 23.7 Å². The van der Waals surface area contributed by atoms with Crippen LogP contribution in [-0.4, -0.2) is 53.8 Å². The highest BCUT2D eigenvalue weighted by molar-refractivity contribution is 5.82. The quantitative estimate of drug-likeness (QED) is 0.820. The van der Waals surface area contributed by atoms with Gasteiger partial charge in [0.1, 0.15) is 5.82 Å². The van der Waals surface area contributed by atoms with Crippen molar-refractivity contribution in [1.82, 2.24) is 15.1 Å². The monoisotopic (exact) mass is 347 g/mol. The van der Waals surface area contributed by atoms with E-state index in [1.54, 1.807) is 17.0 Å². The molecule has 0 radical (unpaired) electrons. The highest BCUT2D eigenvalue weighted by atomic mass is 19.1. The molecule has 136 valence electrons. The molecular formula is C19H26FN3O2. The molecule has 3 rings (SSSR count). The third kappa shape index (κ3) is 5.26. The summed E-state index contributed by atoms with van der Waals surface area (Å²) in [6, 6.07) is 6.14. The molecule has 0 spiro atoms. The Bertz CT molecular complexity index is 616. The van der Waals surface area contributed by atoms with E-state index < -0.39 is 0 Å². The molecule has 2 aliphatic rings.